The van der Waals surface area contributed by atoms with E-state index in [0.29, 0.717) is 23.5 Å². The maximum Gasteiger partial charge on any atom is 0.331 e. The molecule has 0 saturated heterocycles. The van der Waals surface area contributed by atoms with E-state index in [1.807, 2.05) is 39.0 Å². The van der Waals surface area contributed by atoms with Gasteiger partial charge < -0.3 is 5.11 Å². The van der Waals surface area contributed by atoms with Crippen LogP contribution in [0.25, 0.3) is 17.0 Å². The molecular formula is C28H23FN4O3. The van der Waals surface area contributed by atoms with Gasteiger partial charge in [-0.2, -0.15) is 9.67 Å². The van der Waals surface area contributed by atoms with E-state index < -0.39 is 23.5 Å². The van der Waals surface area contributed by atoms with Crippen molar-refractivity contribution in [1.82, 2.24) is 9.78 Å². The topological polar surface area (TPSA) is 82.1 Å². The fourth-order valence-electron chi connectivity index (χ4n) is 4.34. The number of halogens is 1. The summed E-state index contributed by atoms with van der Waals surface area (Å²) in [6.45, 7) is 5.61. The summed E-state index contributed by atoms with van der Waals surface area (Å²) in [4.78, 5) is 28.8. The molecule has 0 radical (unpaired) electrons. The van der Waals surface area contributed by atoms with Crippen molar-refractivity contribution in [1.29, 1.82) is 0 Å². The minimum Gasteiger partial charge on any atom is -0.858 e. The molecule has 5 rings (SSSR count). The second-order valence-electron chi connectivity index (χ2n) is 8.66. The molecule has 180 valence electrons. The zero-order valence-electron chi connectivity index (χ0n) is 20.0. The number of amides is 2. The second-order valence-corrected chi connectivity index (χ2v) is 8.66. The summed E-state index contributed by atoms with van der Waals surface area (Å²) >= 11 is 0. The third-order valence-electron chi connectivity index (χ3n) is 6.13. The number of carbonyl (C=O) groups is 2. The summed E-state index contributed by atoms with van der Waals surface area (Å²) in [6.07, 6.45) is 3.76. The zero-order valence-corrected chi connectivity index (χ0v) is 20.0. The maximum atomic E-state index is 13.9. The lowest BCUT2D eigenvalue weighted by Gasteiger charge is -2.16. The van der Waals surface area contributed by atoms with Crippen LogP contribution in [0.4, 0.5) is 10.1 Å². The smallest absolute Gasteiger partial charge is 0.331 e. The molecule has 0 atom stereocenters. The molecule has 0 bridgehead atoms. The number of aryl methyl sites for hydroxylation is 3. The molecule has 0 spiro atoms. The molecule has 0 aliphatic carbocycles. The van der Waals surface area contributed by atoms with Gasteiger partial charge in [-0.15, -0.1) is 0 Å². The Morgan fingerprint density at radius 3 is 2.22 bits per heavy atom. The van der Waals surface area contributed by atoms with Crippen LogP contribution in [0.1, 0.15) is 29.3 Å². The van der Waals surface area contributed by atoms with Gasteiger partial charge in [-0.25, -0.2) is 14.0 Å². The maximum absolute atomic E-state index is 13.9. The highest BCUT2D eigenvalue weighted by molar-refractivity contribution is 6.53. The first-order valence-electron chi connectivity index (χ1n) is 11.5. The van der Waals surface area contributed by atoms with Gasteiger partial charge in [0.05, 0.1) is 17.1 Å². The van der Waals surface area contributed by atoms with Gasteiger partial charge in [0.15, 0.2) is 12.4 Å². The lowest BCUT2D eigenvalue weighted by atomic mass is 10.0. The van der Waals surface area contributed by atoms with Crippen LogP contribution >= 0.6 is 0 Å². The van der Waals surface area contributed by atoms with Crippen LogP contribution in [0.3, 0.4) is 0 Å². The number of rotatable bonds is 5. The third kappa shape index (κ3) is 3.76. The Kier molecular flexibility index (Phi) is 5.72. The van der Waals surface area contributed by atoms with Crippen LogP contribution in [0.5, 0.6) is 5.88 Å². The van der Waals surface area contributed by atoms with Gasteiger partial charge in [0.2, 0.25) is 0 Å². The number of carbonyl (C=O) groups excluding carboxylic acids is 2. The van der Waals surface area contributed by atoms with E-state index in [9.17, 15) is 19.1 Å². The van der Waals surface area contributed by atoms with E-state index in [-0.39, 0.29) is 16.8 Å². The summed E-state index contributed by atoms with van der Waals surface area (Å²) in [5.41, 5.74) is 3.14. The first-order chi connectivity index (χ1) is 17.3. The molecule has 2 aromatic heterocycles. The van der Waals surface area contributed by atoms with Gasteiger partial charge in [0, 0.05) is 17.2 Å². The van der Waals surface area contributed by atoms with Crippen molar-refractivity contribution >= 4 is 28.8 Å². The Morgan fingerprint density at radius 2 is 1.58 bits per heavy atom. The van der Waals surface area contributed by atoms with Crippen molar-refractivity contribution in [2.45, 2.75) is 27.2 Å². The molecule has 3 heterocycles. The summed E-state index contributed by atoms with van der Waals surface area (Å²) in [7, 11) is 0. The summed E-state index contributed by atoms with van der Waals surface area (Å²) in [5, 5.41) is 18.1. The van der Waals surface area contributed by atoms with Crippen LogP contribution in [0.2, 0.25) is 0 Å². The predicted octanol–water partition coefficient (Wildman–Crippen LogP) is 3.49. The number of hydrogen-bond acceptors (Lipinski definition) is 4. The molecule has 0 fully saturated rings. The average molecular weight is 483 g/mol. The fourth-order valence-corrected chi connectivity index (χ4v) is 4.34. The number of anilines is 1. The van der Waals surface area contributed by atoms with Crippen molar-refractivity contribution in [3.63, 3.8) is 0 Å². The molecule has 8 heteroatoms. The van der Waals surface area contributed by atoms with Gasteiger partial charge in [-0.3, -0.25) is 9.59 Å². The lowest BCUT2D eigenvalue weighted by molar-refractivity contribution is -0.577. The van der Waals surface area contributed by atoms with Crippen LogP contribution < -0.4 is 14.6 Å². The molecule has 4 aromatic rings. The first-order valence-corrected chi connectivity index (χ1v) is 11.5. The van der Waals surface area contributed by atoms with Crippen molar-refractivity contribution in [2.75, 3.05) is 4.90 Å². The van der Waals surface area contributed by atoms with E-state index in [2.05, 4.69) is 5.10 Å². The first kappa shape index (κ1) is 23.2. The van der Waals surface area contributed by atoms with Gasteiger partial charge in [0.25, 0.3) is 11.6 Å². The molecule has 0 saturated carbocycles. The van der Waals surface area contributed by atoms with Crippen molar-refractivity contribution in [3.8, 4) is 11.6 Å². The van der Waals surface area contributed by atoms with Crippen LogP contribution in [-0.2, 0) is 16.0 Å². The second kappa shape index (κ2) is 8.88. The molecular weight excluding hydrogens is 459 g/mol. The van der Waals surface area contributed by atoms with Crippen LogP contribution in [0.15, 0.2) is 73.1 Å². The van der Waals surface area contributed by atoms with Crippen LogP contribution in [0, 0.1) is 19.7 Å². The normalized spacial score (nSPS) is 13.7. The molecule has 1 aliphatic rings. The van der Waals surface area contributed by atoms with E-state index >= 15 is 0 Å². The summed E-state index contributed by atoms with van der Waals surface area (Å²) in [5.74, 6) is -2.13. The van der Waals surface area contributed by atoms with Gasteiger partial charge in [-0.05, 0) is 68.6 Å². The van der Waals surface area contributed by atoms with E-state index in [1.54, 1.807) is 35.2 Å². The Bertz CT molecular complexity index is 1540. The fraction of sp³-hybridized carbons (Fsp3) is 0.143. The zero-order chi connectivity index (χ0) is 25.6. The molecule has 0 unspecified atom stereocenters. The molecule has 1 aliphatic heterocycles. The van der Waals surface area contributed by atoms with Gasteiger partial charge >= 0.3 is 5.91 Å². The number of imide groups is 1. The standard InChI is InChI=1S/C28H23FN4O3/c1-4-22-23(27(35)33(30-22)21-13-9-19(29)10-14-21)24-25(31-15-5-6-18(3)16-31)28(36)32(26(24)34)20-11-7-17(2)8-12-20/h5-16H,4H2,1-3H3. The Hall–Kier alpha value is -4.59. The number of aromatic nitrogens is 3. The summed E-state index contributed by atoms with van der Waals surface area (Å²) < 4.78 is 16.2. The lowest BCUT2D eigenvalue weighted by Crippen LogP contribution is -2.39. The Balaban J connectivity index is 1.76. The molecule has 2 aromatic carbocycles. The molecule has 2 amide bonds. The highest BCUT2D eigenvalue weighted by Crippen LogP contribution is 2.38. The monoisotopic (exact) mass is 482 g/mol. The number of pyridine rings is 1. The highest BCUT2D eigenvalue weighted by atomic mass is 19.1. The Morgan fingerprint density at radius 1 is 0.917 bits per heavy atom. The van der Waals surface area contributed by atoms with E-state index in [4.69, 9.17) is 0 Å². The molecule has 36 heavy (non-hydrogen) atoms. The quantitative estimate of drug-likeness (QED) is 0.322. The average Bonchev–Trinajstić information content (AvgIpc) is 3.32. The largest absolute Gasteiger partial charge is 0.858 e. The minimum absolute atomic E-state index is 0.00798. The van der Waals surface area contributed by atoms with Crippen molar-refractivity contribution in [3.05, 3.63) is 101 Å². The SMILES string of the molecule is CCc1nn(-c2ccc(F)cc2)c([O-])c1C1=C([n+]2cccc(C)c2)C(=O)N(c2ccc(C)cc2)C1=O. The van der Waals surface area contributed by atoms with Crippen LogP contribution in [-0.4, -0.2) is 21.6 Å². The molecule has 7 nitrogen and oxygen atoms in total. The number of benzene rings is 2. The summed E-state index contributed by atoms with van der Waals surface area (Å²) in [6, 6.07) is 16.0. The van der Waals surface area contributed by atoms with Crippen molar-refractivity contribution in [2.24, 2.45) is 0 Å². The van der Waals surface area contributed by atoms with Crippen molar-refractivity contribution < 1.29 is 23.7 Å². The Labute approximate surface area is 207 Å². The van der Waals surface area contributed by atoms with E-state index in [1.165, 1.54) is 24.3 Å². The third-order valence-corrected chi connectivity index (χ3v) is 6.13. The predicted molar refractivity (Wildman–Crippen MR) is 131 cm³/mol. The number of nitrogens with zero attached hydrogens (tertiary/aromatic N) is 4. The minimum atomic E-state index is -0.599. The molecule has 0 N–H and O–H groups in total. The van der Waals surface area contributed by atoms with Gasteiger partial charge in [0.1, 0.15) is 11.4 Å². The van der Waals surface area contributed by atoms with E-state index in [0.717, 1.165) is 20.7 Å². The highest BCUT2D eigenvalue weighted by Gasteiger charge is 2.47. The number of hydrogen-bond donors (Lipinski definition) is 0. The van der Waals surface area contributed by atoms with Gasteiger partial charge in [-0.1, -0.05) is 24.6 Å².